The summed E-state index contributed by atoms with van der Waals surface area (Å²) >= 11 is 3.18. The third-order valence-corrected chi connectivity index (χ3v) is 3.43. The van der Waals surface area contributed by atoms with Gasteiger partial charge in [-0.15, -0.1) is 0 Å². The third kappa shape index (κ3) is 3.56. The van der Waals surface area contributed by atoms with Crippen LogP contribution in [0.25, 0.3) is 0 Å². The Morgan fingerprint density at radius 2 is 2.12 bits per heavy atom. The van der Waals surface area contributed by atoms with Crippen LogP contribution < -0.4 is 5.73 Å². The molecule has 1 nitrogen and oxygen atoms in total. The Bertz CT molecular complexity index is 341. The van der Waals surface area contributed by atoms with E-state index < -0.39 is 0 Å². The quantitative estimate of drug-likeness (QED) is 0.853. The van der Waals surface area contributed by atoms with E-state index in [1.54, 1.807) is 12.1 Å². The minimum atomic E-state index is -0.223. The van der Waals surface area contributed by atoms with E-state index in [4.69, 9.17) is 5.73 Å². The molecule has 0 aliphatic carbocycles. The molecule has 0 amide bonds. The van der Waals surface area contributed by atoms with Gasteiger partial charge in [0, 0.05) is 11.6 Å². The highest BCUT2D eigenvalue weighted by atomic mass is 79.9. The average molecular weight is 288 g/mol. The van der Waals surface area contributed by atoms with Gasteiger partial charge in [0.15, 0.2) is 0 Å². The van der Waals surface area contributed by atoms with Gasteiger partial charge in [-0.2, -0.15) is 0 Å². The molecule has 3 heteroatoms. The van der Waals surface area contributed by atoms with E-state index in [0.717, 1.165) is 19.3 Å². The van der Waals surface area contributed by atoms with Crippen molar-refractivity contribution in [3.05, 3.63) is 34.1 Å². The van der Waals surface area contributed by atoms with Crippen molar-refractivity contribution in [2.24, 2.45) is 11.7 Å². The zero-order valence-corrected chi connectivity index (χ0v) is 11.4. The molecule has 0 bridgehead atoms. The molecular weight excluding hydrogens is 269 g/mol. The molecule has 0 aliphatic rings. The van der Waals surface area contributed by atoms with E-state index in [9.17, 15) is 4.39 Å². The number of nitrogens with two attached hydrogens (primary N) is 1. The van der Waals surface area contributed by atoms with Gasteiger partial charge >= 0.3 is 0 Å². The first-order chi connectivity index (χ1) is 7.56. The van der Waals surface area contributed by atoms with Crippen LogP contribution in [-0.4, -0.2) is 0 Å². The Labute approximate surface area is 105 Å². The summed E-state index contributed by atoms with van der Waals surface area (Å²) < 4.78 is 14.3. The second-order valence-corrected chi connectivity index (χ2v) is 5.23. The van der Waals surface area contributed by atoms with Crippen LogP contribution in [0, 0.1) is 11.7 Å². The zero-order chi connectivity index (χ0) is 12.1. The first-order valence-corrected chi connectivity index (χ1v) is 6.55. The van der Waals surface area contributed by atoms with Gasteiger partial charge in [0.05, 0.1) is 4.47 Å². The van der Waals surface area contributed by atoms with E-state index >= 15 is 0 Å². The number of benzene rings is 1. The maximum absolute atomic E-state index is 13.8. The van der Waals surface area contributed by atoms with Gasteiger partial charge in [-0.25, -0.2) is 4.39 Å². The molecule has 2 unspecified atom stereocenters. The molecular formula is C13H19BrFN. The second-order valence-electron chi connectivity index (χ2n) is 4.38. The van der Waals surface area contributed by atoms with Crippen LogP contribution in [0.3, 0.4) is 0 Å². The molecule has 1 aromatic carbocycles. The lowest BCUT2D eigenvalue weighted by molar-refractivity contribution is 0.431. The van der Waals surface area contributed by atoms with Crippen molar-refractivity contribution in [2.45, 2.75) is 39.2 Å². The first-order valence-electron chi connectivity index (χ1n) is 5.75. The molecule has 0 aromatic heterocycles. The van der Waals surface area contributed by atoms with Gasteiger partial charge in [0.1, 0.15) is 5.82 Å². The Balaban J connectivity index is 2.72. The fourth-order valence-corrected chi connectivity index (χ4v) is 2.36. The molecule has 16 heavy (non-hydrogen) atoms. The first kappa shape index (κ1) is 13.7. The van der Waals surface area contributed by atoms with Crippen molar-refractivity contribution in [1.82, 2.24) is 0 Å². The van der Waals surface area contributed by atoms with E-state index in [1.807, 2.05) is 6.07 Å². The van der Waals surface area contributed by atoms with Crippen molar-refractivity contribution < 1.29 is 4.39 Å². The van der Waals surface area contributed by atoms with Crippen molar-refractivity contribution in [3.8, 4) is 0 Å². The molecule has 0 fully saturated rings. The van der Waals surface area contributed by atoms with Crippen molar-refractivity contribution >= 4 is 15.9 Å². The Morgan fingerprint density at radius 3 is 2.75 bits per heavy atom. The highest BCUT2D eigenvalue weighted by Gasteiger charge is 2.15. The number of halogens is 2. The molecule has 1 aromatic rings. The van der Waals surface area contributed by atoms with Crippen LogP contribution in [-0.2, 0) is 0 Å². The summed E-state index contributed by atoms with van der Waals surface area (Å²) in [5.41, 5.74) is 6.64. The molecule has 0 saturated carbocycles. The Morgan fingerprint density at radius 1 is 1.44 bits per heavy atom. The average Bonchev–Trinajstić information content (AvgIpc) is 2.22. The largest absolute Gasteiger partial charge is 0.324 e. The van der Waals surface area contributed by atoms with Gasteiger partial charge in [0.25, 0.3) is 0 Å². The van der Waals surface area contributed by atoms with Crippen LogP contribution in [0.1, 0.15) is 44.7 Å². The lowest BCUT2D eigenvalue weighted by atomic mass is 9.93. The van der Waals surface area contributed by atoms with E-state index in [2.05, 4.69) is 29.8 Å². The minimum absolute atomic E-state index is 0.209. The minimum Gasteiger partial charge on any atom is -0.324 e. The van der Waals surface area contributed by atoms with E-state index in [-0.39, 0.29) is 11.9 Å². The van der Waals surface area contributed by atoms with Crippen molar-refractivity contribution in [2.75, 3.05) is 0 Å². The summed E-state index contributed by atoms with van der Waals surface area (Å²) in [6, 6.07) is 5.08. The van der Waals surface area contributed by atoms with E-state index in [0.29, 0.717) is 16.0 Å². The van der Waals surface area contributed by atoms with Crippen LogP contribution in [0.5, 0.6) is 0 Å². The lowest BCUT2D eigenvalue weighted by Crippen LogP contribution is -2.15. The fourth-order valence-electron chi connectivity index (χ4n) is 1.98. The lowest BCUT2D eigenvalue weighted by Gasteiger charge is -2.18. The normalized spacial score (nSPS) is 14.8. The maximum Gasteiger partial charge on any atom is 0.142 e. The summed E-state index contributed by atoms with van der Waals surface area (Å²) in [7, 11) is 0. The summed E-state index contributed by atoms with van der Waals surface area (Å²) in [6.45, 7) is 4.32. The number of rotatable bonds is 5. The molecule has 0 spiro atoms. The van der Waals surface area contributed by atoms with Gasteiger partial charge in [0.2, 0.25) is 0 Å². The monoisotopic (exact) mass is 287 g/mol. The topological polar surface area (TPSA) is 26.0 Å². The van der Waals surface area contributed by atoms with Crippen LogP contribution in [0.2, 0.25) is 0 Å². The summed E-state index contributed by atoms with van der Waals surface area (Å²) in [4.78, 5) is 0. The summed E-state index contributed by atoms with van der Waals surface area (Å²) in [5.74, 6) is 0.317. The van der Waals surface area contributed by atoms with Gasteiger partial charge in [-0.1, -0.05) is 38.8 Å². The van der Waals surface area contributed by atoms with Gasteiger partial charge < -0.3 is 5.73 Å². The Hall–Kier alpha value is -0.410. The predicted molar refractivity (Wildman–Crippen MR) is 69.7 cm³/mol. The van der Waals surface area contributed by atoms with Gasteiger partial charge in [-0.05, 0) is 34.3 Å². The maximum atomic E-state index is 13.8. The highest BCUT2D eigenvalue weighted by Crippen LogP contribution is 2.27. The van der Waals surface area contributed by atoms with Crippen LogP contribution in [0.15, 0.2) is 22.7 Å². The Kier molecular flexibility index (Phi) is 5.42. The van der Waals surface area contributed by atoms with Crippen molar-refractivity contribution in [3.63, 3.8) is 0 Å². The molecule has 90 valence electrons. The number of hydrogen-bond acceptors (Lipinski definition) is 1. The van der Waals surface area contributed by atoms with Gasteiger partial charge in [-0.3, -0.25) is 0 Å². The van der Waals surface area contributed by atoms with Crippen LogP contribution in [0.4, 0.5) is 4.39 Å². The second kappa shape index (κ2) is 6.36. The van der Waals surface area contributed by atoms with Crippen LogP contribution >= 0.6 is 15.9 Å². The molecule has 0 radical (unpaired) electrons. The molecule has 0 saturated heterocycles. The standard InChI is InChI=1S/C13H19BrFN/c1-3-5-9(2)8-12(16)10-6-4-7-11(14)13(10)15/h4,6-7,9,12H,3,5,8,16H2,1-2H3. The molecule has 2 N–H and O–H groups in total. The predicted octanol–water partition coefficient (Wildman–Crippen LogP) is 4.41. The summed E-state index contributed by atoms with van der Waals surface area (Å²) in [5, 5.41) is 0. The number of hydrogen-bond donors (Lipinski definition) is 1. The SMILES string of the molecule is CCCC(C)CC(N)c1cccc(Br)c1F. The molecule has 2 atom stereocenters. The smallest absolute Gasteiger partial charge is 0.142 e. The summed E-state index contributed by atoms with van der Waals surface area (Å²) in [6.07, 6.45) is 3.12. The zero-order valence-electron chi connectivity index (χ0n) is 9.84. The molecule has 0 aliphatic heterocycles. The molecule has 0 heterocycles. The molecule has 1 rings (SSSR count). The highest BCUT2D eigenvalue weighted by molar-refractivity contribution is 9.10. The fraction of sp³-hybridized carbons (Fsp3) is 0.538. The van der Waals surface area contributed by atoms with E-state index in [1.165, 1.54) is 0 Å². The third-order valence-electron chi connectivity index (χ3n) is 2.82. The van der Waals surface area contributed by atoms with Crippen molar-refractivity contribution in [1.29, 1.82) is 0 Å².